The van der Waals surface area contributed by atoms with E-state index in [2.05, 4.69) is 43.3 Å². The summed E-state index contributed by atoms with van der Waals surface area (Å²) in [5, 5.41) is 9.72. The van der Waals surface area contributed by atoms with Crippen LogP contribution in [0.15, 0.2) is 78.9 Å². The lowest BCUT2D eigenvalue weighted by atomic mass is 9.88. The lowest BCUT2D eigenvalue weighted by molar-refractivity contribution is 0.263. The highest BCUT2D eigenvalue weighted by Crippen LogP contribution is 2.35. The van der Waals surface area contributed by atoms with Crippen LogP contribution in [0.4, 0.5) is 0 Å². The number of allylic oxidation sites excluding steroid dienone is 1. The Bertz CT molecular complexity index is 937. The van der Waals surface area contributed by atoms with E-state index in [4.69, 9.17) is 9.47 Å². The van der Waals surface area contributed by atoms with Crippen LogP contribution in [0.25, 0.3) is 11.1 Å². The molecule has 0 saturated carbocycles. The van der Waals surface area contributed by atoms with Gasteiger partial charge in [-0.05, 0) is 58.5 Å². The first-order valence-electron chi connectivity index (χ1n) is 9.67. The molecular weight excluding hydrogens is 348 g/mol. The minimum atomic E-state index is 0.247. The molecule has 1 unspecified atom stereocenters. The van der Waals surface area contributed by atoms with Crippen molar-refractivity contribution in [2.24, 2.45) is 0 Å². The van der Waals surface area contributed by atoms with Crippen molar-refractivity contribution in [3.8, 4) is 11.5 Å². The molecule has 3 aromatic rings. The number of phenols is 1. The number of ether oxygens (including phenoxy) is 2. The zero-order chi connectivity index (χ0) is 19.3. The third-order valence-electron chi connectivity index (χ3n) is 4.91. The first-order valence-corrected chi connectivity index (χ1v) is 9.67. The molecule has 3 heteroatoms. The van der Waals surface area contributed by atoms with Crippen LogP contribution in [-0.2, 0) is 4.74 Å². The Balaban J connectivity index is 1.76. The van der Waals surface area contributed by atoms with E-state index in [1.165, 1.54) is 16.7 Å². The number of phenolic OH excluding ortho intramolecular Hbond substituents is 1. The number of hydrogen-bond donors (Lipinski definition) is 1. The lowest BCUT2D eigenvalue weighted by Gasteiger charge is -2.17. The standard InChI is InChI=1S/C25H24O3/c1-2-24(18-6-4-3-5-7-18)25(19-8-12-21(26)13-9-19)20-10-14-22(15-11-20)27-16-23-17-28-23/h3-15,23,26H,2,16-17H2,1H3/b25-24-. The van der Waals surface area contributed by atoms with Gasteiger partial charge in [-0.2, -0.15) is 0 Å². The number of epoxide rings is 1. The van der Waals surface area contributed by atoms with Gasteiger partial charge in [0.15, 0.2) is 0 Å². The topological polar surface area (TPSA) is 42.0 Å². The minimum Gasteiger partial charge on any atom is -0.508 e. The summed E-state index contributed by atoms with van der Waals surface area (Å²) in [6.45, 7) is 3.57. The second kappa shape index (κ2) is 8.32. The monoisotopic (exact) mass is 372 g/mol. The predicted octanol–water partition coefficient (Wildman–Crippen LogP) is 5.54. The Kier molecular flexibility index (Phi) is 5.45. The molecule has 0 aliphatic carbocycles. The Labute approximate surface area is 165 Å². The van der Waals surface area contributed by atoms with Gasteiger partial charge in [0, 0.05) is 0 Å². The third-order valence-corrected chi connectivity index (χ3v) is 4.91. The van der Waals surface area contributed by atoms with E-state index in [1.807, 2.05) is 30.3 Å². The van der Waals surface area contributed by atoms with Gasteiger partial charge in [0.05, 0.1) is 6.61 Å². The molecule has 0 radical (unpaired) electrons. The van der Waals surface area contributed by atoms with Crippen LogP contribution in [0.5, 0.6) is 11.5 Å². The molecule has 0 aromatic heterocycles. The largest absolute Gasteiger partial charge is 0.508 e. The fourth-order valence-corrected chi connectivity index (χ4v) is 3.38. The summed E-state index contributed by atoms with van der Waals surface area (Å²) in [6.07, 6.45) is 1.15. The summed E-state index contributed by atoms with van der Waals surface area (Å²) in [6, 6.07) is 26.1. The smallest absolute Gasteiger partial charge is 0.119 e. The van der Waals surface area contributed by atoms with E-state index in [0.29, 0.717) is 6.61 Å². The summed E-state index contributed by atoms with van der Waals surface area (Å²) < 4.78 is 11.0. The fourth-order valence-electron chi connectivity index (χ4n) is 3.38. The summed E-state index contributed by atoms with van der Waals surface area (Å²) in [7, 11) is 0. The van der Waals surface area contributed by atoms with Gasteiger partial charge >= 0.3 is 0 Å². The molecule has 3 aromatic carbocycles. The number of aromatic hydroxyl groups is 1. The highest BCUT2D eigenvalue weighted by molar-refractivity contribution is 5.98. The molecule has 0 amide bonds. The molecule has 3 nitrogen and oxygen atoms in total. The van der Waals surface area contributed by atoms with E-state index in [1.54, 1.807) is 12.1 Å². The number of benzene rings is 3. The molecule has 1 atom stereocenters. The van der Waals surface area contributed by atoms with E-state index in [9.17, 15) is 5.11 Å². The highest BCUT2D eigenvalue weighted by Gasteiger charge is 2.23. The molecular formula is C25H24O3. The summed E-state index contributed by atoms with van der Waals surface area (Å²) >= 11 is 0. The zero-order valence-electron chi connectivity index (χ0n) is 16.0. The zero-order valence-corrected chi connectivity index (χ0v) is 16.0. The van der Waals surface area contributed by atoms with E-state index in [-0.39, 0.29) is 11.9 Å². The van der Waals surface area contributed by atoms with Gasteiger partial charge in [0.2, 0.25) is 0 Å². The Morgan fingerprint density at radius 2 is 1.50 bits per heavy atom. The van der Waals surface area contributed by atoms with Gasteiger partial charge < -0.3 is 14.6 Å². The first-order chi connectivity index (χ1) is 13.7. The van der Waals surface area contributed by atoms with Crippen molar-refractivity contribution in [1.29, 1.82) is 0 Å². The van der Waals surface area contributed by atoms with Crippen LogP contribution in [0.2, 0.25) is 0 Å². The molecule has 1 N–H and O–H groups in total. The second-order valence-corrected chi connectivity index (χ2v) is 6.91. The van der Waals surface area contributed by atoms with Crippen LogP contribution in [0, 0.1) is 0 Å². The van der Waals surface area contributed by atoms with Gasteiger partial charge in [0.1, 0.15) is 24.2 Å². The highest BCUT2D eigenvalue weighted by atomic mass is 16.6. The maximum atomic E-state index is 9.72. The summed E-state index contributed by atoms with van der Waals surface area (Å²) in [5.41, 5.74) is 5.86. The van der Waals surface area contributed by atoms with Gasteiger partial charge in [-0.25, -0.2) is 0 Å². The molecule has 28 heavy (non-hydrogen) atoms. The van der Waals surface area contributed by atoms with Crippen LogP contribution < -0.4 is 4.74 Å². The quantitative estimate of drug-likeness (QED) is 0.437. The predicted molar refractivity (Wildman–Crippen MR) is 112 cm³/mol. The van der Waals surface area contributed by atoms with Crippen molar-refractivity contribution in [1.82, 2.24) is 0 Å². The van der Waals surface area contributed by atoms with Crippen molar-refractivity contribution >= 4 is 11.1 Å². The molecule has 1 aliphatic heterocycles. The minimum absolute atomic E-state index is 0.247. The van der Waals surface area contributed by atoms with Gasteiger partial charge in [-0.1, -0.05) is 61.5 Å². The molecule has 1 saturated heterocycles. The van der Waals surface area contributed by atoms with Gasteiger partial charge in [0.25, 0.3) is 0 Å². The van der Waals surface area contributed by atoms with Crippen LogP contribution >= 0.6 is 0 Å². The Morgan fingerprint density at radius 3 is 2.07 bits per heavy atom. The summed E-state index contributed by atoms with van der Waals surface area (Å²) in [5.74, 6) is 1.12. The average Bonchev–Trinajstić information content (AvgIpc) is 3.57. The van der Waals surface area contributed by atoms with Crippen LogP contribution in [0.1, 0.15) is 30.0 Å². The molecule has 1 aliphatic rings. The molecule has 4 rings (SSSR count). The van der Waals surface area contributed by atoms with E-state index < -0.39 is 0 Å². The number of rotatable bonds is 7. The summed E-state index contributed by atoms with van der Waals surface area (Å²) in [4.78, 5) is 0. The van der Waals surface area contributed by atoms with E-state index in [0.717, 1.165) is 29.9 Å². The number of hydrogen-bond acceptors (Lipinski definition) is 3. The molecule has 142 valence electrons. The van der Waals surface area contributed by atoms with Crippen molar-refractivity contribution in [3.05, 3.63) is 95.6 Å². The van der Waals surface area contributed by atoms with Crippen LogP contribution in [0.3, 0.4) is 0 Å². The average molecular weight is 372 g/mol. The maximum absolute atomic E-state index is 9.72. The van der Waals surface area contributed by atoms with Crippen molar-refractivity contribution in [2.45, 2.75) is 19.4 Å². The van der Waals surface area contributed by atoms with Crippen LogP contribution in [-0.4, -0.2) is 24.4 Å². The Hall–Kier alpha value is -3.04. The van der Waals surface area contributed by atoms with Crippen molar-refractivity contribution in [3.63, 3.8) is 0 Å². The third kappa shape index (κ3) is 4.26. The second-order valence-electron chi connectivity index (χ2n) is 6.91. The van der Waals surface area contributed by atoms with Gasteiger partial charge in [-0.15, -0.1) is 0 Å². The van der Waals surface area contributed by atoms with Crippen molar-refractivity contribution in [2.75, 3.05) is 13.2 Å². The molecule has 1 heterocycles. The molecule has 0 spiro atoms. The van der Waals surface area contributed by atoms with Crippen molar-refractivity contribution < 1.29 is 14.6 Å². The Morgan fingerprint density at radius 1 is 0.893 bits per heavy atom. The molecule has 0 bridgehead atoms. The normalized spacial score (nSPS) is 16.4. The fraction of sp³-hybridized carbons (Fsp3) is 0.200. The SMILES string of the molecule is CC/C(=C(\c1ccc(O)cc1)c1ccc(OCC2CO2)cc1)c1ccccc1. The lowest BCUT2D eigenvalue weighted by Crippen LogP contribution is -2.04. The first kappa shape index (κ1) is 18.3. The molecule has 1 fully saturated rings. The maximum Gasteiger partial charge on any atom is 0.119 e. The van der Waals surface area contributed by atoms with Gasteiger partial charge in [-0.3, -0.25) is 0 Å². The van der Waals surface area contributed by atoms with E-state index >= 15 is 0 Å².